The van der Waals surface area contributed by atoms with Gasteiger partial charge in [-0.05, 0) is 42.3 Å². The van der Waals surface area contributed by atoms with Crippen molar-refractivity contribution in [2.75, 3.05) is 19.0 Å². The van der Waals surface area contributed by atoms with Crippen LogP contribution >= 0.6 is 0 Å². The number of ether oxygens (including phenoxy) is 2. The summed E-state index contributed by atoms with van der Waals surface area (Å²) >= 11 is 0. The molecule has 0 atom stereocenters. The fourth-order valence-corrected chi connectivity index (χ4v) is 2.95. The topological polar surface area (TPSA) is 80.4 Å². The average Bonchev–Trinajstić information content (AvgIpc) is 2.63. The molecule has 3 aromatic rings. The molecular formula is C21H22N2O4. The Morgan fingerprint density at radius 3 is 2.59 bits per heavy atom. The van der Waals surface area contributed by atoms with Gasteiger partial charge in [0.05, 0.1) is 25.2 Å². The lowest BCUT2D eigenvalue weighted by Gasteiger charge is -2.09. The van der Waals surface area contributed by atoms with Crippen molar-refractivity contribution < 1.29 is 14.3 Å². The monoisotopic (exact) mass is 366 g/mol. The van der Waals surface area contributed by atoms with Gasteiger partial charge in [-0.2, -0.15) is 0 Å². The number of pyridine rings is 1. The summed E-state index contributed by atoms with van der Waals surface area (Å²) in [6, 6.07) is 14.4. The lowest BCUT2D eigenvalue weighted by atomic mass is 10.1. The van der Waals surface area contributed by atoms with Crippen LogP contribution in [0, 0.1) is 0 Å². The maximum Gasteiger partial charge on any atom is 0.248 e. The van der Waals surface area contributed by atoms with Crippen molar-refractivity contribution in [3.63, 3.8) is 0 Å². The van der Waals surface area contributed by atoms with Crippen LogP contribution in [0.3, 0.4) is 0 Å². The molecule has 6 nitrogen and oxygen atoms in total. The van der Waals surface area contributed by atoms with Gasteiger partial charge >= 0.3 is 0 Å². The van der Waals surface area contributed by atoms with Crippen LogP contribution in [0.4, 0.5) is 5.69 Å². The third-order valence-corrected chi connectivity index (χ3v) is 4.11. The van der Waals surface area contributed by atoms with E-state index in [0.717, 1.165) is 22.3 Å². The van der Waals surface area contributed by atoms with E-state index in [0.29, 0.717) is 24.4 Å². The zero-order valence-corrected chi connectivity index (χ0v) is 15.4. The van der Waals surface area contributed by atoms with E-state index in [2.05, 4.69) is 10.3 Å². The Morgan fingerprint density at radius 2 is 1.89 bits per heavy atom. The molecule has 0 saturated heterocycles. The van der Waals surface area contributed by atoms with E-state index < -0.39 is 0 Å². The summed E-state index contributed by atoms with van der Waals surface area (Å²) in [5, 5.41) is 3.76. The van der Waals surface area contributed by atoms with Crippen molar-refractivity contribution in [3.8, 4) is 5.75 Å². The predicted octanol–water partition coefficient (Wildman–Crippen LogP) is 3.25. The number of carbonyl (C=O) groups is 1. The molecule has 0 spiro atoms. The summed E-state index contributed by atoms with van der Waals surface area (Å²) < 4.78 is 10.5. The van der Waals surface area contributed by atoms with Gasteiger partial charge in [0.25, 0.3) is 0 Å². The van der Waals surface area contributed by atoms with Gasteiger partial charge in [0.2, 0.25) is 11.5 Å². The van der Waals surface area contributed by atoms with E-state index in [1.54, 1.807) is 13.2 Å². The molecule has 27 heavy (non-hydrogen) atoms. The van der Waals surface area contributed by atoms with Gasteiger partial charge in [-0.1, -0.05) is 18.2 Å². The highest BCUT2D eigenvalue weighted by Crippen LogP contribution is 2.20. The third-order valence-electron chi connectivity index (χ3n) is 4.11. The Hall–Kier alpha value is -3.12. The highest BCUT2D eigenvalue weighted by atomic mass is 16.5. The maximum absolute atomic E-state index is 12.3. The molecule has 1 aromatic heterocycles. The zero-order chi connectivity index (χ0) is 19.2. The van der Waals surface area contributed by atoms with E-state index in [-0.39, 0.29) is 17.9 Å². The first kappa shape index (κ1) is 18.7. The molecule has 6 heteroatoms. The van der Waals surface area contributed by atoms with Crippen LogP contribution in [0.2, 0.25) is 0 Å². The standard InChI is InChI=1S/C21H22N2O4/c1-3-27-17-7-4-14(5-8-17)10-20(24)22-16-6-9-18-15(13-26-2)11-21(25)23-19(18)12-16/h4-9,11-12H,3,10,13H2,1-2H3,(H,22,24)(H,23,25). The van der Waals surface area contributed by atoms with Crippen LogP contribution in [-0.4, -0.2) is 24.6 Å². The van der Waals surface area contributed by atoms with Crippen LogP contribution in [-0.2, 0) is 22.6 Å². The first-order chi connectivity index (χ1) is 13.1. The number of benzene rings is 2. The number of aromatic nitrogens is 1. The molecular weight excluding hydrogens is 344 g/mol. The van der Waals surface area contributed by atoms with E-state index in [9.17, 15) is 9.59 Å². The van der Waals surface area contributed by atoms with Crippen molar-refractivity contribution in [1.82, 2.24) is 4.98 Å². The third kappa shape index (κ3) is 4.74. The fourth-order valence-electron chi connectivity index (χ4n) is 2.95. The van der Waals surface area contributed by atoms with E-state index in [4.69, 9.17) is 9.47 Å². The molecule has 0 aliphatic heterocycles. The fraction of sp³-hybridized carbons (Fsp3) is 0.238. The number of H-pyrrole nitrogens is 1. The van der Waals surface area contributed by atoms with Gasteiger partial charge in [0.1, 0.15) is 5.75 Å². The Labute approximate surface area is 157 Å². The van der Waals surface area contributed by atoms with Crippen LogP contribution in [0.5, 0.6) is 5.75 Å². The van der Waals surface area contributed by atoms with Crippen molar-refractivity contribution in [2.45, 2.75) is 20.0 Å². The largest absolute Gasteiger partial charge is 0.494 e. The van der Waals surface area contributed by atoms with Crippen molar-refractivity contribution in [1.29, 1.82) is 0 Å². The number of aromatic amines is 1. The molecule has 0 aliphatic rings. The summed E-state index contributed by atoms with van der Waals surface area (Å²) in [7, 11) is 1.59. The number of amides is 1. The van der Waals surface area contributed by atoms with Crippen LogP contribution in [0.15, 0.2) is 53.3 Å². The van der Waals surface area contributed by atoms with Gasteiger partial charge in [0, 0.05) is 24.2 Å². The number of fused-ring (bicyclic) bond motifs is 1. The van der Waals surface area contributed by atoms with E-state index >= 15 is 0 Å². The Bertz CT molecular complexity index is 993. The number of carbonyl (C=O) groups excluding carboxylic acids is 1. The molecule has 1 heterocycles. The molecule has 2 aromatic carbocycles. The second kappa shape index (κ2) is 8.51. The summed E-state index contributed by atoms with van der Waals surface area (Å²) in [5.41, 5.74) is 2.79. The quantitative estimate of drug-likeness (QED) is 0.673. The van der Waals surface area contributed by atoms with Crippen molar-refractivity contribution in [2.24, 2.45) is 0 Å². The first-order valence-electron chi connectivity index (χ1n) is 8.75. The molecule has 0 unspecified atom stereocenters. The SMILES string of the molecule is CCOc1ccc(CC(=O)Nc2ccc3c(COC)cc(=O)[nH]c3c2)cc1. The molecule has 0 bridgehead atoms. The Balaban J connectivity index is 1.73. The molecule has 1 amide bonds. The van der Waals surface area contributed by atoms with Crippen LogP contribution in [0.1, 0.15) is 18.1 Å². The number of rotatable bonds is 7. The number of anilines is 1. The average molecular weight is 366 g/mol. The molecule has 0 fully saturated rings. The summed E-state index contributed by atoms with van der Waals surface area (Å²) in [6.07, 6.45) is 0.255. The van der Waals surface area contributed by atoms with Gasteiger partial charge in [-0.15, -0.1) is 0 Å². The Kier molecular flexibility index (Phi) is 5.88. The number of methoxy groups -OCH3 is 1. The minimum Gasteiger partial charge on any atom is -0.494 e. The molecule has 0 radical (unpaired) electrons. The Morgan fingerprint density at radius 1 is 1.11 bits per heavy atom. The smallest absolute Gasteiger partial charge is 0.248 e. The molecule has 140 valence electrons. The highest BCUT2D eigenvalue weighted by Gasteiger charge is 2.08. The van der Waals surface area contributed by atoms with E-state index in [1.165, 1.54) is 6.07 Å². The number of hydrogen-bond acceptors (Lipinski definition) is 4. The number of nitrogens with one attached hydrogen (secondary N) is 2. The van der Waals surface area contributed by atoms with Gasteiger partial charge in [-0.3, -0.25) is 9.59 Å². The van der Waals surface area contributed by atoms with Crippen LogP contribution < -0.4 is 15.6 Å². The predicted molar refractivity (Wildman–Crippen MR) is 105 cm³/mol. The van der Waals surface area contributed by atoms with Gasteiger partial charge in [-0.25, -0.2) is 0 Å². The normalized spacial score (nSPS) is 10.7. The number of hydrogen-bond donors (Lipinski definition) is 2. The summed E-state index contributed by atoms with van der Waals surface area (Å²) in [4.78, 5) is 26.9. The molecule has 0 saturated carbocycles. The summed E-state index contributed by atoms with van der Waals surface area (Å²) in [5.74, 6) is 0.654. The lowest BCUT2D eigenvalue weighted by molar-refractivity contribution is -0.115. The maximum atomic E-state index is 12.3. The molecule has 3 rings (SSSR count). The summed E-state index contributed by atoms with van der Waals surface area (Å²) in [6.45, 7) is 2.89. The van der Waals surface area contributed by atoms with Gasteiger partial charge < -0.3 is 19.8 Å². The first-order valence-corrected chi connectivity index (χ1v) is 8.75. The minimum absolute atomic E-state index is 0.131. The molecule has 0 aliphatic carbocycles. The second-order valence-electron chi connectivity index (χ2n) is 6.15. The van der Waals surface area contributed by atoms with Gasteiger partial charge in [0.15, 0.2) is 0 Å². The van der Waals surface area contributed by atoms with Crippen molar-refractivity contribution >= 4 is 22.5 Å². The van der Waals surface area contributed by atoms with E-state index in [1.807, 2.05) is 43.3 Å². The lowest BCUT2D eigenvalue weighted by Crippen LogP contribution is -2.14. The minimum atomic E-state index is -0.201. The van der Waals surface area contributed by atoms with Crippen molar-refractivity contribution in [3.05, 3.63) is 70.0 Å². The molecule has 2 N–H and O–H groups in total. The highest BCUT2D eigenvalue weighted by molar-refractivity contribution is 5.95. The second-order valence-corrected chi connectivity index (χ2v) is 6.15. The zero-order valence-electron chi connectivity index (χ0n) is 15.4. The van der Waals surface area contributed by atoms with Crippen LogP contribution in [0.25, 0.3) is 10.9 Å².